The van der Waals surface area contributed by atoms with E-state index in [4.69, 9.17) is 28.4 Å². The summed E-state index contributed by atoms with van der Waals surface area (Å²) in [4.78, 5) is 69.6. The van der Waals surface area contributed by atoms with Crippen molar-refractivity contribution in [1.29, 1.82) is 0 Å². The van der Waals surface area contributed by atoms with E-state index in [2.05, 4.69) is 0 Å². The van der Waals surface area contributed by atoms with Gasteiger partial charge in [-0.25, -0.2) is 0 Å². The highest BCUT2D eigenvalue weighted by atomic mass is 16.5. The first-order chi connectivity index (χ1) is 18.2. The molecule has 0 radical (unpaired) electrons. The van der Waals surface area contributed by atoms with E-state index in [0.29, 0.717) is 0 Å². The van der Waals surface area contributed by atoms with Crippen LogP contribution < -0.4 is 0 Å². The second-order valence-corrected chi connectivity index (χ2v) is 10.3. The molecule has 0 aliphatic rings. The lowest BCUT2D eigenvalue weighted by Gasteiger charge is -2.42. The van der Waals surface area contributed by atoms with Crippen molar-refractivity contribution in [2.24, 2.45) is 10.8 Å². The van der Waals surface area contributed by atoms with Crippen LogP contribution in [0.3, 0.4) is 0 Å². The number of ether oxygens (including phenoxy) is 6. The predicted molar refractivity (Wildman–Crippen MR) is 138 cm³/mol. The Balaban J connectivity index is 6.46. The molecule has 12 heteroatoms. The van der Waals surface area contributed by atoms with E-state index < -0.39 is 10.8 Å². The lowest BCUT2D eigenvalue weighted by Crippen LogP contribution is -2.49. The van der Waals surface area contributed by atoms with Crippen LogP contribution in [0.25, 0.3) is 0 Å². The number of carbonyl (C=O) groups excluding carboxylic acids is 6. The second-order valence-electron chi connectivity index (χ2n) is 10.3. The number of hydrogen-bond donors (Lipinski definition) is 0. The van der Waals surface area contributed by atoms with Crippen LogP contribution in [0.5, 0.6) is 0 Å². The first-order valence-electron chi connectivity index (χ1n) is 12.6. The summed E-state index contributed by atoms with van der Waals surface area (Å²) >= 11 is 0. The van der Waals surface area contributed by atoms with E-state index in [1.165, 1.54) is 41.5 Å². The van der Waals surface area contributed by atoms with Crippen LogP contribution in [-0.4, -0.2) is 114 Å². The van der Waals surface area contributed by atoms with Gasteiger partial charge in [0.1, 0.15) is 39.6 Å². The zero-order chi connectivity index (χ0) is 29.9. The summed E-state index contributed by atoms with van der Waals surface area (Å²) in [7, 11) is 0. The fraction of sp³-hybridized carbons (Fsp3) is 0.778. The van der Waals surface area contributed by atoms with Crippen LogP contribution in [0.1, 0.15) is 48.0 Å². The number of ketones is 6. The zero-order valence-electron chi connectivity index (χ0n) is 24.1. The Morgan fingerprint density at radius 2 is 0.513 bits per heavy atom. The molecule has 0 N–H and O–H groups in total. The van der Waals surface area contributed by atoms with Crippen molar-refractivity contribution in [2.75, 3.05) is 79.3 Å². The maximum absolute atomic E-state index is 11.6. The van der Waals surface area contributed by atoms with E-state index >= 15 is 0 Å². The molecular formula is C27H44O12. The van der Waals surface area contributed by atoms with Crippen LogP contribution >= 0.6 is 0 Å². The molecule has 0 unspecified atom stereocenters. The minimum atomic E-state index is -1.06. The first kappa shape index (κ1) is 36.8. The largest absolute Gasteiger partial charge is 0.373 e. The minimum absolute atomic E-state index is 0.0732. The van der Waals surface area contributed by atoms with E-state index in [1.807, 2.05) is 0 Å². The SMILES string of the molecule is CC(=O)COCC(COCC(C)=O)(COCC(C)=O)CC(COCC(C)=O)(COCC(C)=O)COCC(C)=O. The van der Waals surface area contributed by atoms with Gasteiger partial charge in [-0.1, -0.05) is 0 Å². The molecule has 0 aromatic rings. The van der Waals surface area contributed by atoms with Gasteiger partial charge >= 0.3 is 0 Å². The summed E-state index contributed by atoms with van der Waals surface area (Å²) in [6, 6.07) is 0. The summed E-state index contributed by atoms with van der Waals surface area (Å²) in [5.74, 6) is -1.31. The Labute approximate surface area is 230 Å². The molecule has 0 heterocycles. The van der Waals surface area contributed by atoms with E-state index in [1.54, 1.807) is 0 Å². The molecule has 0 saturated carbocycles. The van der Waals surface area contributed by atoms with Crippen molar-refractivity contribution >= 4 is 34.7 Å². The van der Waals surface area contributed by atoms with Gasteiger partial charge in [-0.15, -0.1) is 0 Å². The number of carbonyl (C=O) groups is 6. The Morgan fingerprint density at radius 1 is 0.359 bits per heavy atom. The summed E-state index contributed by atoms with van der Waals surface area (Å²) in [6.45, 7) is 6.57. The van der Waals surface area contributed by atoms with Crippen molar-refractivity contribution < 1.29 is 57.2 Å². The number of rotatable bonds is 26. The molecule has 224 valence electrons. The molecule has 0 aromatic carbocycles. The Hall–Kier alpha value is -2.22. The van der Waals surface area contributed by atoms with Gasteiger partial charge in [0.25, 0.3) is 0 Å². The van der Waals surface area contributed by atoms with Crippen LogP contribution in [0.4, 0.5) is 0 Å². The Kier molecular flexibility index (Phi) is 18.7. The summed E-state index contributed by atoms with van der Waals surface area (Å²) in [6.07, 6.45) is 0.113. The third-order valence-corrected chi connectivity index (χ3v) is 5.03. The van der Waals surface area contributed by atoms with Gasteiger partial charge in [0.05, 0.1) is 39.6 Å². The van der Waals surface area contributed by atoms with Crippen molar-refractivity contribution in [3.05, 3.63) is 0 Å². The molecule has 39 heavy (non-hydrogen) atoms. The summed E-state index contributed by atoms with van der Waals surface area (Å²) in [5.41, 5.74) is -2.11. The van der Waals surface area contributed by atoms with Crippen LogP contribution in [-0.2, 0) is 57.2 Å². The van der Waals surface area contributed by atoms with Gasteiger partial charge in [0.15, 0.2) is 34.7 Å². The smallest absolute Gasteiger partial charge is 0.155 e. The van der Waals surface area contributed by atoms with Gasteiger partial charge in [-0.2, -0.15) is 0 Å². The maximum atomic E-state index is 11.6. The maximum Gasteiger partial charge on any atom is 0.155 e. The molecule has 0 aliphatic heterocycles. The van der Waals surface area contributed by atoms with Crippen LogP contribution in [0, 0.1) is 10.8 Å². The molecule has 0 atom stereocenters. The lowest BCUT2D eigenvalue weighted by atomic mass is 9.72. The molecular weight excluding hydrogens is 516 g/mol. The molecule has 0 rings (SSSR count). The third-order valence-electron chi connectivity index (χ3n) is 5.03. The van der Waals surface area contributed by atoms with E-state index in [-0.39, 0.29) is 120 Å². The molecule has 0 aromatic heterocycles. The fourth-order valence-electron chi connectivity index (χ4n) is 3.82. The monoisotopic (exact) mass is 560 g/mol. The van der Waals surface area contributed by atoms with E-state index in [0.717, 1.165) is 0 Å². The third kappa shape index (κ3) is 19.5. The van der Waals surface area contributed by atoms with Crippen molar-refractivity contribution in [1.82, 2.24) is 0 Å². The van der Waals surface area contributed by atoms with Crippen LogP contribution in [0.15, 0.2) is 0 Å². The van der Waals surface area contributed by atoms with Crippen LogP contribution in [0.2, 0.25) is 0 Å². The molecule has 0 saturated heterocycles. The first-order valence-corrected chi connectivity index (χ1v) is 12.6. The van der Waals surface area contributed by atoms with Gasteiger partial charge in [-0.3, -0.25) is 28.8 Å². The minimum Gasteiger partial charge on any atom is -0.373 e. The molecule has 0 spiro atoms. The van der Waals surface area contributed by atoms with Gasteiger partial charge in [0.2, 0.25) is 0 Å². The Morgan fingerprint density at radius 3 is 0.641 bits per heavy atom. The number of Topliss-reactive ketones (excluding diaryl/α,β-unsaturated/α-hetero) is 6. The normalized spacial score (nSPS) is 11.8. The summed E-state index contributed by atoms with van der Waals surface area (Å²) in [5, 5.41) is 0. The second kappa shape index (κ2) is 19.8. The molecule has 0 aliphatic carbocycles. The summed E-state index contributed by atoms with van der Waals surface area (Å²) < 4.78 is 34.1. The number of hydrogen-bond acceptors (Lipinski definition) is 12. The highest BCUT2D eigenvalue weighted by molar-refractivity contribution is 5.78. The Bertz CT molecular complexity index is 653. The fourth-order valence-corrected chi connectivity index (χ4v) is 3.82. The van der Waals surface area contributed by atoms with Gasteiger partial charge < -0.3 is 28.4 Å². The van der Waals surface area contributed by atoms with Gasteiger partial charge in [0, 0.05) is 10.8 Å². The standard InChI is InChI=1S/C27H44O12/c1-20(28)7-34-14-26(15-35-8-21(2)29,16-36-9-22(3)30)13-27(17-37-10-23(4)31,18-38-11-24(5)32)19-39-12-25(6)33/h7-19H2,1-6H3. The average molecular weight is 561 g/mol. The quantitative estimate of drug-likeness (QED) is 0.148. The molecule has 12 nitrogen and oxygen atoms in total. The highest BCUT2D eigenvalue weighted by Crippen LogP contribution is 2.38. The topological polar surface area (TPSA) is 158 Å². The molecule has 0 bridgehead atoms. The zero-order valence-corrected chi connectivity index (χ0v) is 24.1. The van der Waals surface area contributed by atoms with Crippen molar-refractivity contribution in [3.63, 3.8) is 0 Å². The predicted octanol–water partition coefficient (Wildman–Crippen LogP) is 0.983. The molecule has 0 fully saturated rings. The molecule has 0 amide bonds. The van der Waals surface area contributed by atoms with Crippen molar-refractivity contribution in [3.8, 4) is 0 Å². The van der Waals surface area contributed by atoms with E-state index in [9.17, 15) is 28.8 Å². The van der Waals surface area contributed by atoms with Crippen molar-refractivity contribution in [2.45, 2.75) is 48.0 Å². The lowest BCUT2D eigenvalue weighted by molar-refractivity contribution is -0.150. The highest BCUT2D eigenvalue weighted by Gasteiger charge is 2.44. The van der Waals surface area contributed by atoms with Gasteiger partial charge in [-0.05, 0) is 48.0 Å². The average Bonchev–Trinajstić information content (AvgIpc) is 2.77.